The van der Waals surface area contributed by atoms with Crippen LogP contribution in [0.2, 0.25) is 0 Å². The molecule has 1 amide bonds. The first-order valence-corrected chi connectivity index (χ1v) is 11.2. The highest BCUT2D eigenvalue weighted by Crippen LogP contribution is 2.38. The average Bonchev–Trinajstić information content (AvgIpc) is 3.21. The zero-order valence-electron chi connectivity index (χ0n) is 17.4. The standard InChI is InChI=1S/C24H27N3O2S/c1-3-25-23(28)24(12-15-29-16-13-24)19-5-4-6-21(17-19)30-20-9-7-18(8-10-20)22-11-14-26-27(22)2/h4-11,14,17H,3,12-13,15-16H2,1-2H3,(H,25,28). The summed E-state index contributed by atoms with van der Waals surface area (Å²) in [5.41, 5.74) is 2.81. The second-order valence-corrected chi connectivity index (χ2v) is 8.70. The fourth-order valence-corrected chi connectivity index (χ4v) is 4.92. The lowest BCUT2D eigenvalue weighted by atomic mass is 9.73. The largest absolute Gasteiger partial charge is 0.381 e. The first-order chi connectivity index (χ1) is 14.6. The van der Waals surface area contributed by atoms with Crippen LogP contribution in [0.5, 0.6) is 0 Å². The van der Waals surface area contributed by atoms with E-state index in [1.165, 1.54) is 0 Å². The van der Waals surface area contributed by atoms with Gasteiger partial charge in [0.2, 0.25) is 5.91 Å². The molecule has 2 aromatic carbocycles. The summed E-state index contributed by atoms with van der Waals surface area (Å²) in [6.45, 7) is 3.83. The van der Waals surface area contributed by atoms with Gasteiger partial charge in [-0.3, -0.25) is 9.48 Å². The SMILES string of the molecule is CCNC(=O)C1(c2cccc(Sc3ccc(-c4ccnn4C)cc3)c2)CCOCC1. The summed E-state index contributed by atoms with van der Waals surface area (Å²) in [6.07, 6.45) is 3.24. The molecule has 0 aliphatic carbocycles. The first kappa shape index (κ1) is 20.7. The zero-order chi connectivity index (χ0) is 21.0. The van der Waals surface area contributed by atoms with Crippen molar-refractivity contribution in [2.24, 2.45) is 7.05 Å². The minimum absolute atomic E-state index is 0.107. The van der Waals surface area contributed by atoms with Gasteiger partial charge in [0.25, 0.3) is 0 Å². The smallest absolute Gasteiger partial charge is 0.230 e. The third-order valence-electron chi connectivity index (χ3n) is 5.71. The Morgan fingerprint density at radius 2 is 1.90 bits per heavy atom. The van der Waals surface area contributed by atoms with Gasteiger partial charge in [-0.2, -0.15) is 5.10 Å². The lowest BCUT2D eigenvalue weighted by Crippen LogP contribution is -2.48. The molecule has 1 aliphatic heterocycles. The van der Waals surface area contributed by atoms with Crippen molar-refractivity contribution >= 4 is 17.7 Å². The quantitative estimate of drug-likeness (QED) is 0.640. The number of amides is 1. The number of hydrogen-bond acceptors (Lipinski definition) is 4. The summed E-state index contributed by atoms with van der Waals surface area (Å²) in [5, 5.41) is 7.28. The van der Waals surface area contributed by atoms with E-state index in [0.29, 0.717) is 32.6 Å². The Bertz CT molecular complexity index is 1010. The number of aryl methyl sites for hydroxylation is 1. The number of benzene rings is 2. The van der Waals surface area contributed by atoms with Crippen LogP contribution in [0.4, 0.5) is 0 Å². The van der Waals surface area contributed by atoms with Gasteiger partial charge in [0.1, 0.15) is 0 Å². The Kier molecular flexibility index (Phi) is 6.25. The molecule has 2 heterocycles. The molecule has 0 spiro atoms. The van der Waals surface area contributed by atoms with Crippen molar-refractivity contribution in [1.29, 1.82) is 0 Å². The van der Waals surface area contributed by atoms with Gasteiger partial charge in [0.05, 0.1) is 11.1 Å². The van der Waals surface area contributed by atoms with Crippen LogP contribution in [-0.4, -0.2) is 35.4 Å². The molecular formula is C24H27N3O2S. The number of ether oxygens (including phenoxy) is 1. The lowest BCUT2D eigenvalue weighted by molar-refractivity contribution is -0.130. The minimum Gasteiger partial charge on any atom is -0.381 e. The monoisotopic (exact) mass is 421 g/mol. The molecule has 1 aromatic heterocycles. The first-order valence-electron chi connectivity index (χ1n) is 10.4. The number of hydrogen-bond donors (Lipinski definition) is 1. The van der Waals surface area contributed by atoms with Crippen molar-refractivity contribution in [3.63, 3.8) is 0 Å². The summed E-state index contributed by atoms with van der Waals surface area (Å²) in [6, 6.07) is 18.9. The number of nitrogens with zero attached hydrogens (tertiary/aromatic N) is 2. The molecule has 1 saturated heterocycles. The molecule has 1 aliphatic rings. The fourth-order valence-electron chi connectivity index (χ4n) is 4.04. The Labute approximate surface area is 181 Å². The van der Waals surface area contributed by atoms with E-state index < -0.39 is 5.41 Å². The molecule has 30 heavy (non-hydrogen) atoms. The predicted octanol–water partition coefficient (Wildman–Crippen LogP) is 4.42. The number of rotatable bonds is 6. The maximum Gasteiger partial charge on any atom is 0.230 e. The van der Waals surface area contributed by atoms with E-state index in [-0.39, 0.29) is 5.91 Å². The number of carbonyl (C=O) groups excluding carboxylic acids is 1. The second kappa shape index (κ2) is 9.06. The van der Waals surface area contributed by atoms with E-state index in [0.717, 1.165) is 26.6 Å². The van der Waals surface area contributed by atoms with E-state index in [4.69, 9.17) is 4.74 Å². The maximum absolute atomic E-state index is 13.0. The molecule has 0 atom stereocenters. The Hall–Kier alpha value is -2.57. The molecule has 1 N–H and O–H groups in total. The van der Waals surface area contributed by atoms with Gasteiger partial charge in [0, 0.05) is 42.8 Å². The molecule has 5 nitrogen and oxygen atoms in total. The van der Waals surface area contributed by atoms with Crippen molar-refractivity contribution in [1.82, 2.24) is 15.1 Å². The molecular weight excluding hydrogens is 394 g/mol. The lowest BCUT2D eigenvalue weighted by Gasteiger charge is -2.36. The van der Waals surface area contributed by atoms with Gasteiger partial charge < -0.3 is 10.1 Å². The van der Waals surface area contributed by atoms with Gasteiger partial charge in [-0.1, -0.05) is 36.0 Å². The van der Waals surface area contributed by atoms with Crippen LogP contribution in [-0.2, 0) is 22.0 Å². The van der Waals surface area contributed by atoms with Crippen LogP contribution >= 0.6 is 11.8 Å². The van der Waals surface area contributed by atoms with E-state index >= 15 is 0 Å². The Morgan fingerprint density at radius 1 is 1.13 bits per heavy atom. The molecule has 0 unspecified atom stereocenters. The summed E-state index contributed by atoms with van der Waals surface area (Å²) in [4.78, 5) is 15.3. The third kappa shape index (κ3) is 4.16. The average molecular weight is 422 g/mol. The van der Waals surface area contributed by atoms with Crippen molar-refractivity contribution in [2.45, 2.75) is 35.0 Å². The Morgan fingerprint density at radius 3 is 2.57 bits per heavy atom. The molecule has 4 rings (SSSR count). The fraction of sp³-hybridized carbons (Fsp3) is 0.333. The van der Waals surface area contributed by atoms with Crippen molar-refractivity contribution in [3.05, 3.63) is 66.4 Å². The van der Waals surface area contributed by atoms with Gasteiger partial charge >= 0.3 is 0 Å². The van der Waals surface area contributed by atoms with Crippen molar-refractivity contribution in [3.8, 4) is 11.3 Å². The highest BCUT2D eigenvalue weighted by atomic mass is 32.2. The molecule has 6 heteroatoms. The van der Waals surface area contributed by atoms with Crippen LogP contribution < -0.4 is 5.32 Å². The van der Waals surface area contributed by atoms with Crippen molar-refractivity contribution < 1.29 is 9.53 Å². The predicted molar refractivity (Wildman–Crippen MR) is 120 cm³/mol. The van der Waals surface area contributed by atoms with E-state index in [1.54, 1.807) is 11.8 Å². The zero-order valence-corrected chi connectivity index (χ0v) is 18.2. The normalized spacial score (nSPS) is 15.7. The van der Waals surface area contributed by atoms with Crippen molar-refractivity contribution in [2.75, 3.05) is 19.8 Å². The highest BCUT2D eigenvalue weighted by Gasteiger charge is 2.41. The molecule has 0 radical (unpaired) electrons. The summed E-state index contributed by atoms with van der Waals surface area (Å²) < 4.78 is 7.43. The summed E-state index contributed by atoms with van der Waals surface area (Å²) in [5.74, 6) is 0.107. The van der Waals surface area contributed by atoms with E-state index in [9.17, 15) is 4.79 Å². The molecule has 0 saturated carbocycles. The molecule has 1 fully saturated rings. The van der Waals surface area contributed by atoms with Gasteiger partial charge in [-0.15, -0.1) is 0 Å². The number of likely N-dealkylation sites (N-methyl/N-ethyl adjacent to an activating group) is 1. The van der Waals surface area contributed by atoms with Crippen LogP contribution in [0.3, 0.4) is 0 Å². The van der Waals surface area contributed by atoms with Gasteiger partial charge in [-0.25, -0.2) is 0 Å². The minimum atomic E-state index is -0.506. The molecule has 0 bridgehead atoms. The molecule has 3 aromatic rings. The van der Waals surface area contributed by atoms with E-state index in [2.05, 4.69) is 58.9 Å². The molecule has 156 valence electrons. The summed E-state index contributed by atoms with van der Waals surface area (Å²) in [7, 11) is 1.95. The topological polar surface area (TPSA) is 56.2 Å². The number of nitrogens with one attached hydrogen (secondary N) is 1. The number of aromatic nitrogens is 2. The second-order valence-electron chi connectivity index (χ2n) is 7.55. The van der Waals surface area contributed by atoms with Crippen LogP contribution in [0.15, 0.2) is 70.6 Å². The van der Waals surface area contributed by atoms with Gasteiger partial charge in [0.15, 0.2) is 0 Å². The van der Waals surface area contributed by atoms with E-state index in [1.807, 2.05) is 30.9 Å². The van der Waals surface area contributed by atoms with Crippen LogP contribution in [0.1, 0.15) is 25.3 Å². The van der Waals surface area contributed by atoms with Crippen LogP contribution in [0, 0.1) is 0 Å². The summed E-state index contributed by atoms with van der Waals surface area (Å²) >= 11 is 1.71. The number of carbonyl (C=O) groups is 1. The third-order valence-corrected chi connectivity index (χ3v) is 6.71. The Balaban J connectivity index is 1.57. The van der Waals surface area contributed by atoms with Gasteiger partial charge in [-0.05, 0) is 61.2 Å². The van der Waals surface area contributed by atoms with Crippen LogP contribution in [0.25, 0.3) is 11.3 Å². The highest BCUT2D eigenvalue weighted by molar-refractivity contribution is 7.99. The maximum atomic E-state index is 13.0.